The number of hydrogen-bond donors (Lipinski definition) is 1. The number of benzene rings is 4. The second kappa shape index (κ2) is 11.8. The zero-order chi connectivity index (χ0) is 29.1. The van der Waals surface area contributed by atoms with Crippen molar-refractivity contribution in [2.45, 2.75) is 37.2 Å². The van der Waals surface area contributed by atoms with E-state index < -0.39 is 11.5 Å². The highest BCUT2D eigenvalue weighted by molar-refractivity contribution is 5.87. The van der Waals surface area contributed by atoms with E-state index in [0.29, 0.717) is 35.8 Å². The monoisotopic (exact) mass is 550 g/mol. The van der Waals surface area contributed by atoms with E-state index in [1.165, 1.54) is 11.1 Å². The lowest BCUT2D eigenvalue weighted by atomic mass is 9.69. The Labute approximate surface area is 242 Å². The molecule has 0 bridgehead atoms. The zero-order valence-corrected chi connectivity index (χ0v) is 24.5. The number of nitrogens with zero attached hydrogens (tertiary/aromatic N) is 2. The minimum Gasteiger partial charge on any atom is -0.496 e. The SMILES string of the molecule is COc1cc2ccc(C#N)cc2cc1[C@@H](c1cccc(OC)c1OC)[C@@](O)(CCN(C)C)c1cccc2c1CCC2. The maximum atomic E-state index is 13.3. The molecule has 41 heavy (non-hydrogen) atoms. The number of hydrogen-bond acceptors (Lipinski definition) is 6. The molecule has 0 spiro atoms. The molecule has 0 saturated heterocycles. The molecule has 2 atom stereocenters. The van der Waals surface area contributed by atoms with Gasteiger partial charge in [-0.3, -0.25) is 0 Å². The highest BCUT2D eigenvalue weighted by atomic mass is 16.5. The van der Waals surface area contributed by atoms with Crippen LogP contribution in [0.4, 0.5) is 0 Å². The zero-order valence-electron chi connectivity index (χ0n) is 24.5. The van der Waals surface area contributed by atoms with Crippen LogP contribution in [0.15, 0.2) is 66.7 Å². The van der Waals surface area contributed by atoms with E-state index in [1.807, 2.05) is 56.6 Å². The van der Waals surface area contributed by atoms with Crippen LogP contribution in [-0.2, 0) is 18.4 Å². The first-order valence-electron chi connectivity index (χ1n) is 14.1. The third kappa shape index (κ3) is 5.24. The quantitative estimate of drug-likeness (QED) is 0.254. The average molecular weight is 551 g/mol. The molecule has 1 N–H and O–H groups in total. The lowest BCUT2D eigenvalue weighted by Gasteiger charge is -2.40. The van der Waals surface area contributed by atoms with Gasteiger partial charge in [0.1, 0.15) is 11.4 Å². The van der Waals surface area contributed by atoms with Gasteiger partial charge >= 0.3 is 0 Å². The van der Waals surface area contributed by atoms with Gasteiger partial charge in [-0.25, -0.2) is 0 Å². The Morgan fingerprint density at radius 3 is 2.37 bits per heavy atom. The molecule has 1 aliphatic carbocycles. The molecule has 0 unspecified atom stereocenters. The Kier molecular flexibility index (Phi) is 8.21. The smallest absolute Gasteiger partial charge is 0.164 e. The summed E-state index contributed by atoms with van der Waals surface area (Å²) in [4.78, 5) is 2.10. The molecule has 0 aromatic heterocycles. The predicted molar refractivity (Wildman–Crippen MR) is 162 cm³/mol. The number of fused-ring (bicyclic) bond motifs is 2. The molecule has 6 nitrogen and oxygen atoms in total. The third-order valence-corrected chi connectivity index (χ3v) is 8.40. The molecule has 0 saturated carbocycles. The minimum atomic E-state index is -1.33. The van der Waals surface area contributed by atoms with E-state index in [9.17, 15) is 10.4 Å². The van der Waals surface area contributed by atoms with E-state index >= 15 is 0 Å². The number of rotatable bonds is 10. The van der Waals surface area contributed by atoms with Crippen molar-refractivity contribution in [1.82, 2.24) is 4.90 Å². The van der Waals surface area contributed by atoms with Crippen LogP contribution in [0.25, 0.3) is 10.8 Å². The third-order valence-electron chi connectivity index (χ3n) is 8.40. The maximum absolute atomic E-state index is 13.3. The van der Waals surface area contributed by atoms with Crippen LogP contribution >= 0.6 is 0 Å². The molecule has 0 radical (unpaired) electrons. The van der Waals surface area contributed by atoms with Gasteiger partial charge in [0.25, 0.3) is 0 Å². The lowest BCUT2D eigenvalue weighted by Crippen LogP contribution is -2.38. The Bertz CT molecular complexity index is 1610. The highest BCUT2D eigenvalue weighted by Gasteiger charge is 2.45. The summed E-state index contributed by atoms with van der Waals surface area (Å²) >= 11 is 0. The van der Waals surface area contributed by atoms with E-state index in [2.05, 4.69) is 35.2 Å². The topological polar surface area (TPSA) is 75.0 Å². The van der Waals surface area contributed by atoms with Crippen molar-refractivity contribution < 1.29 is 19.3 Å². The van der Waals surface area contributed by atoms with Crippen LogP contribution < -0.4 is 14.2 Å². The number of methoxy groups -OCH3 is 3. The largest absolute Gasteiger partial charge is 0.496 e. The number of nitriles is 1. The molecule has 5 rings (SSSR count). The standard InChI is InChI=1S/C35H38N2O4/c1-37(2)18-17-35(38,30-13-7-10-24-9-6-11-27(24)30)33(28-12-8-14-31(39-3)34(28)41-5)29-20-26-19-23(22-36)15-16-25(26)21-32(29)40-4/h7-8,10,12-16,19-21,33,38H,6,9,11,17-18H2,1-5H3/t33-,35-/m1/s1. The molecule has 0 heterocycles. The molecule has 0 amide bonds. The summed E-state index contributed by atoms with van der Waals surface area (Å²) < 4.78 is 17.7. The predicted octanol–water partition coefficient (Wildman–Crippen LogP) is 6.20. The molecular weight excluding hydrogens is 512 g/mol. The van der Waals surface area contributed by atoms with Gasteiger partial charge in [-0.2, -0.15) is 5.26 Å². The number of ether oxygens (including phenoxy) is 3. The van der Waals surface area contributed by atoms with Crippen molar-refractivity contribution in [3.05, 3.63) is 100 Å². The molecule has 4 aromatic rings. The lowest BCUT2D eigenvalue weighted by molar-refractivity contribution is 0.00257. The van der Waals surface area contributed by atoms with Gasteiger partial charge in [-0.1, -0.05) is 36.4 Å². The normalized spacial score (nSPS) is 14.8. The first-order chi connectivity index (χ1) is 19.8. The summed E-state index contributed by atoms with van der Waals surface area (Å²) in [6, 6.07) is 24.1. The summed E-state index contributed by atoms with van der Waals surface area (Å²) in [5, 5.41) is 24.8. The second-order valence-corrected chi connectivity index (χ2v) is 11.1. The van der Waals surface area contributed by atoms with Gasteiger partial charge in [-0.15, -0.1) is 0 Å². The Morgan fingerprint density at radius 2 is 1.66 bits per heavy atom. The molecule has 0 aliphatic heterocycles. The van der Waals surface area contributed by atoms with Crippen LogP contribution in [0.2, 0.25) is 0 Å². The second-order valence-electron chi connectivity index (χ2n) is 11.1. The number of aliphatic hydroxyl groups is 1. The minimum absolute atomic E-state index is 0.473. The van der Waals surface area contributed by atoms with Gasteiger partial charge < -0.3 is 24.2 Å². The first-order valence-corrected chi connectivity index (χ1v) is 14.1. The van der Waals surface area contributed by atoms with Gasteiger partial charge in [0.05, 0.1) is 33.0 Å². The summed E-state index contributed by atoms with van der Waals surface area (Å²) in [6.45, 7) is 0.664. The van der Waals surface area contributed by atoms with Crippen molar-refractivity contribution in [1.29, 1.82) is 5.26 Å². The van der Waals surface area contributed by atoms with Crippen LogP contribution in [0.5, 0.6) is 17.2 Å². The molecule has 0 fully saturated rings. The Morgan fingerprint density at radius 1 is 0.878 bits per heavy atom. The molecule has 4 aromatic carbocycles. The van der Waals surface area contributed by atoms with E-state index in [-0.39, 0.29) is 0 Å². The van der Waals surface area contributed by atoms with Crippen molar-refractivity contribution >= 4 is 10.8 Å². The first kappa shape index (κ1) is 28.5. The van der Waals surface area contributed by atoms with Gasteiger partial charge in [0.2, 0.25) is 0 Å². The van der Waals surface area contributed by atoms with Crippen molar-refractivity contribution in [2.24, 2.45) is 0 Å². The molecule has 212 valence electrons. The fourth-order valence-electron chi connectivity index (χ4n) is 6.44. The van der Waals surface area contributed by atoms with Crippen LogP contribution in [-0.4, -0.2) is 52.0 Å². The Hall–Kier alpha value is -4.05. The fraction of sp³-hybridized carbons (Fsp3) is 0.343. The summed E-state index contributed by atoms with van der Waals surface area (Å²) in [6.07, 6.45) is 3.48. The number of aryl methyl sites for hydroxylation is 1. The van der Waals surface area contributed by atoms with E-state index in [4.69, 9.17) is 14.2 Å². The molecule has 6 heteroatoms. The fourth-order valence-corrected chi connectivity index (χ4v) is 6.44. The summed E-state index contributed by atoms with van der Waals surface area (Å²) in [7, 11) is 8.97. The molecular formula is C35H38N2O4. The van der Waals surface area contributed by atoms with Crippen LogP contribution in [0, 0.1) is 11.3 Å². The van der Waals surface area contributed by atoms with Crippen molar-refractivity contribution in [3.63, 3.8) is 0 Å². The summed E-state index contributed by atoms with van der Waals surface area (Å²) in [5.74, 6) is 1.25. The number of para-hydroxylation sites is 1. The van der Waals surface area contributed by atoms with Crippen LogP contribution in [0.3, 0.4) is 0 Å². The van der Waals surface area contributed by atoms with Gasteiger partial charge in [-0.05, 0) is 97.6 Å². The average Bonchev–Trinajstić information content (AvgIpc) is 3.48. The highest BCUT2D eigenvalue weighted by Crippen LogP contribution is 2.53. The van der Waals surface area contributed by atoms with Gasteiger partial charge in [0, 0.05) is 23.6 Å². The summed E-state index contributed by atoms with van der Waals surface area (Å²) in [5.41, 5.74) is 4.34. The van der Waals surface area contributed by atoms with E-state index in [0.717, 1.165) is 46.7 Å². The van der Waals surface area contributed by atoms with Crippen molar-refractivity contribution in [2.75, 3.05) is 42.0 Å². The van der Waals surface area contributed by atoms with Crippen LogP contribution in [0.1, 0.15) is 52.1 Å². The van der Waals surface area contributed by atoms with Crippen molar-refractivity contribution in [3.8, 4) is 23.3 Å². The van der Waals surface area contributed by atoms with Gasteiger partial charge in [0.15, 0.2) is 11.5 Å². The molecule has 1 aliphatic rings. The maximum Gasteiger partial charge on any atom is 0.164 e. The van der Waals surface area contributed by atoms with E-state index in [1.54, 1.807) is 21.3 Å². The Balaban J connectivity index is 1.88.